The number of quaternary nitrogens is 1. The summed E-state index contributed by atoms with van der Waals surface area (Å²) in [5.41, 5.74) is 6.29. The van der Waals surface area contributed by atoms with Crippen LogP contribution < -0.4 is 11.1 Å². The highest BCUT2D eigenvalue weighted by Gasteiger charge is 2.49. The fraction of sp³-hybridized carbons (Fsp3) is 0.943. The molecule has 6 N–H and O–H groups in total. The van der Waals surface area contributed by atoms with Gasteiger partial charge in [0.15, 0.2) is 0 Å². The number of piperidine rings is 1. The number of rotatable bonds is 7. The van der Waals surface area contributed by atoms with Crippen molar-refractivity contribution >= 4 is 0 Å². The third-order valence-electron chi connectivity index (χ3n) is 11.4. The van der Waals surface area contributed by atoms with Crippen LogP contribution >= 0.6 is 0 Å². The molecule has 9 atom stereocenters. The van der Waals surface area contributed by atoms with E-state index >= 15 is 0 Å². The molecule has 2 aliphatic heterocycles. The lowest BCUT2D eigenvalue weighted by atomic mass is 9.67. The van der Waals surface area contributed by atoms with Crippen LogP contribution in [0, 0.1) is 35.5 Å². The first-order chi connectivity index (χ1) is 19.9. The van der Waals surface area contributed by atoms with Crippen molar-refractivity contribution < 1.29 is 25.0 Å². The first-order valence-corrected chi connectivity index (χ1v) is 17.7. The fourth-order valence-electron chi connectivity index (χ4n) is 8.94. The normalized spacial score (nSPS) is 39.6. The van der Waals surface area contributed by atoms with Crippen molar-refractivity contribution in [3.63, 3.8) is 0 Å². The van der Waals surface area contributed by atoms with E-state index in [1.165, 1.54) is 38.5 Å². The van der Waals surface area contributed by atoms with Gasteiger partial charge in [0, 0.05) is 18.3 Å². The largest absolute Gasteiger partial charge is 0.393 e. The molecule has 3 aliphatic carbocycles. The van der Waals surface area contributed by atoms with E-state index < -0.39 is 0 Å². The van der Waals surface area contributed by atoms with Crippen LogP contribution in [0.15, 0.2) is 0 Å². The van der Waals surface area contributed by atoms with Crippen LogP contribution in [-0.4, -0.2) is 59.0 Å². The van der Waals surface area contributed by atoms with E-state index in [2.05, 4.69) is 24.1 Å². The summed E-state index contributed by atoms with van der Waals surface area (Å²) in [5, 5.41) is 24.3. The van der Waals surface area contributed by atoms with Gasteiger partial charge in [0.25, 0.3) is 0 Å². The Kier molecular flexibility index (Phi) is 11.9. The van der Waals surface area contributed by atoms with Crippen molar-refractivity contribution in [2.24, 2.45) is 29.4 Å². The predicted molar refractivity (Wildman–Crippen MR) is 163 cm³/mol. The van der Waals surface area contributed by atoms with E-state index in [4.69, 9.17) is 15.2 Å². The molecule has 0 amide bonds. The van der Waals surface area contributed by atoms with Crippen molar-refractivity contribution in [3.8, 4) is 11.8 Å². The summed E-state index contributed by atoms with van der Waals surface area (Å²) < 4.78 is 13.7. The van der Waals surface area contributed by atoms with Crippen molar-refractivity contribution in [2.45, 2.75) is 178 Å². The maximum absolute atomic E-state index is 11.4. The minimum atomic E-state index is -0.342. The highest BCUT2D eigenvalue weighted by molar-refractivity contribution is 5.12. The van der Waals surface area contributed by atoms with Gasteiger partial charge in [-0.05, 0) is 89.4 Å². The van der Waals surface area contributed by atoms with Gasteiger partial charge in [-0.2, -0.15) is 0 Å². The second-order valence-corrected chi connectivity index (χ2v) is 14.7. The van der Waals surface area contributed by atoms with Crippen LogP contribution in [-0.2, 0) is 9.47 Å². The second kappa shape index (κ2) is 15.4. The van der Waals surface area contributed by atoms with E-state index in [9.17, 15) is 10.2 Å². The molecule has 5 aliphatic rings. The predicted octanol–water partition coefficient (Wildman–Crippen LogP) is 4.79. The smallest absolute Gasteiger partial charge is 0.138 e. The van der Waals surface area contributed by atoms with Gasteiger partial charge in [0.1, 0.15) is 6.17 Å². The summed E-state index contributed by atoms with van der Waals surface area (Å²) in [6, 6.07) is 0. The van der Waals surface area contributed by atoms with Crippen LogP contribution in [0.5, 0.6) is 0 Å². The molecule has 0 radical (unpaired) electrons. The van der Waals surface area contributed by atoms with Gasteiger partial charge in [0.05, 0.1) is 48.6 Å². The number of aliphatic hydroxyl groups excluding tert-OH is 2. The van der Waals surface area contributed by atoms with Crippen molar-refractivity contribution in [2.75, 3.05) is 6.54 Å². The fourth-order valence-corrected chi connectivity index (χ4v) is 8.94. The lowest BCUT2D eigenvalue weighted by Crippen LogP contribution is -2.97. The van der Waals surface area contributed by atoms with Gasteiger partial charge >= 0.3 is 0 Å². The summed E-state index contributed by atoms with van der Waals surface area (Å²) in [6.45, 7) is 3.27. The Bertz CT molecular complexity index is 845. The lowest BCUT2D eigenvalue weighted by Gasteiger charge is -2.48. The molecule has 0 bridgehead atoms. The molecule has 0 aromatic rings. The lowest BCUT2D eigenvalue weighted by molar-refractivity contribution is -0.707. The molecular formula is C35H61N2O4+. The molecule has 1 saturated heterocycles. The van der Waals surface area contributed by atoms with Crippen LogP contribution in [0.3, 0.4) is 0 Å². The Morgan fingerprint density at radius 1 is 0.951 bits per heavy atom. The molecule has 5 rings (SSSR count). The maximum atomic E-state index is 11.4. The van der Waals surface area contributed by atoms with Crippen LogP contribution in [0.25, 0.3) is 0 Å². The minimum absolute atomic E-state index is 0.0247. The van der Waals surface area contributed by atoms with Gasteiger partial charge in [-0.3, -0.25) is 5.73 Å². The topological polar surface area (TPSA) is 102 Å². The van der Waals surface area contributed by atoms with Crippen molar-refractivity contribution in [3.05, 3.63) is 0 Å². The highest BCUT2D eigenvalue weighted by atomic mass is 16.5. The standard InChI is InChI=1S/C35H60N2O4/c1-25-9-8-12-30(41-35(19-6-3-7-20-35)31-24-37-34(36)22-27(31)16-13-25)23-28(38)17-14-26-15-18-32(39)33(21-26)40-29-10-4-2-5-11-29/h25-34,37-39H,2-12,14-15,17-24,36H2,1H3/p+1/t25-,26?,27?,28+,30-,31?,32?,33?,34?/m0/s1. The van der Waals surface area contributed by atoms with E-state index in [1.54, 1.807) is 0 Å². The van der Waals surface area contributed by atoms with E-state index in [-0.39, 0.29) is 36.2 Å². The van der Waals surface area contributed by atoms with Gasteiger partial charge in [-0.15, -0.1) is 0 Å². The first kappa shape index (κ1) is 31.7. The first-order valence-electron chi connectivity index (χ1n) is 17.7. The van der Waals surface area contributed by atoms with Crippen LogP contribution in [0.1, 0.15) is 135 Å². The summed E-state index contributed by atoms with van der Waals surface area (Å²) >= 11 is 0. The molecule has 6 nitrogen and oxygen atoms in total. The molecule has 1 spiro atoms. The Morgan fingerprint density at radius 3 is 2.54 bits per heavy atom. The number of nitrogens with two attached hydrogens (primary N) is 2. The zero-order chi connectivity index (χ0) is 28.7. The summed E-state index contributed by atoms with van der Waals surface area (Å²) in [4.78, 5) is 0. The molecule has 0 aromatic carbocycles. The van der Waals surface area contributed by atoms with E-state index in [0.717, 1.165) is 96.4 Å². The molecule has 2 heterocycles. The summed E-state index contributed by atoms with van der Waals surface area (Å²) in [7, 11) is 0. The zero-order valence-electron chi connectivity index (χ0n) is 26.0. The van der Waals surface area contributed by atoms with Gasteiger partial charge in [-0.1, -0.05) is 57.3 Å². The Labute approximate surface area is 250 Å². The number of hydrogen-bond acceptors (Lipinski definition) is 5. The number of ether oxygens (including phenoxy) is 2. The average molecular weight is 574 g/mol. The van der Waals surface area contributed by atoms with E-state index in [1.807, 2.05) is 0 Å². The average Bonchev–Trinajstić information content (AvgIpc) is 2.99. The Balaban J connectivity index is 1.19. The molecule has 6 heteroatoms. The molecule has 6 unspecified atom stereocenters. The van der Waals surface area contributed by atoms with Gasteiger partial charge in [0.2, 0.25) is 0 Å². The van der Waals surface area contributed by atoms with Crippen LogP contribution in [0.2, 0.25) is 0 Å². The van der Waals surface area contributed by atoms with Crippen molar-refractivity contribution in [1.29, 1.82) is 0 Å². The SMILES string of the molecule is C[C@@H]1C#CC2CC(N)[NH2+]CC2C2(CCCCC2)O[C@H](C[C@H](O)CCC2CCC(O)C(OC3CCCCC3)C2)CCC1. The molecule has 41 heavy (non-hydrogen) atoms. The quantitative estimate of drug-likeness (QED) is 0.328. The highest BCUT2D eigenvalue weighted by Crippen LogP contribution is 2.44. The zero-order valence-corrected chi connectivity index (χ0v) is 26.0. The van der Waals surface area contributed by atoms with Gasteiger partial charge < -0.3 is 25.0 Å². The van der Waals surface area contributed by atoms with Crippen LogP contribution in [0.4, 0.5) is 0 Å². The summed E-state index contributed by atoms with van der Waals surface area (Å²) in [6.07, 6.45) is 21.5. The van der Waals surface area contributed by atoms with Gasteiger partial charge in [-0.25, -0.2) is 0 Å². The molecule has 3 saturated carbocycles. The van der Waals surface area contributed by atoms with E-state index in [0.29, 0.717) is 29.8 Å². The molecule has 0 aromatic heterocycles. The number of hydrogen-bond donors (Lipinski definition) is 4. The molecule has 234 valence electrons. The monoisotopic (exact) mass is 573 g/mol. The second-order valence-electron chi connectivity index (χ2n) is 14.7. The summed E-state index contributed by atoms with van der Waals surface area (Å²) in [5.74, 6) is 8.97. The minimum Gasteiger partial charge on any atom is -0.393 e. The number of aliphatic hydroxyl groups is 2. The Morgan fingerprint density at radius 2 is 1.73 bits per heavy atom. The van der Waals surface area contributed by atoms with Crippen molar-refractivity contribution in [1.82, 2.24) is 0 Å². The number of fused-ring (bicyclic) bond motifs is 2. The third kappa shape index (κ3) is 8.93. The maximum Gasteiger partial charge on any atom is 0.138 e. The molecule has 4 fully saturated rings. The molecular weight excluding hydrogens is 512 g/mol. The Hall–Kier alpha value is -0.680. The third-order valence-corrected chi connectivity index (χ3v) is 11.4.